The molecule has 0 amide bonds. The molecule has 0 saturated carbocycles. The zero-order valence-corrected chi connectivity index (χ0v) is 35.1. The van der Waals surface area contributed by atoms with Gasteiger partial charge < -0.3 is 19.0 Å². The third-order valence-corrected chi connectivity index (χ3v) is 9.13. The van der Waals surface area contributed by atoms with E-state index >= 15 is 0 Å². The average Bonchev–Trinajstić information content (AvgIpc) is 3.12. The van der Waals surface area contributed by atoms with Gasteiger partial charge in [-0.3, -0.25) is 4.55 Å². The molecular formula is C42H82O5STi. The van der Waals surface area contributed by atoms with Crippen LogP contribution in [0.3, 0.4) is 0 Å². The van der Waals surface area contributed by atoms with Crippen LogP contribution in [0.1, 0.15) is 213 Å². The summed E-state index contributed by atoms with van der Waals surface area (Å²) < 4.78 is 37.5. The number of unbranched alkanes of at least 4 members (excludes halogenated alkanes) is 27. The molecular weight excluding hydrogens is 664 g/mol. The van der Waals surface area contributed by atoms with Gasteiger partial charge >= 0.3 is 23.7 Å². The quantitative estimate of drug-likeness (QED) is 0.0369. The predicted molar refractivity (Wildman–Crippen MR) is 210 cm³/mol. The van der Waals surface area contributed by atoms with E-state index in [2.05, 4.69) is 34.6 Å². The standard InChI is InChI=1S/C12H26O.2C12H25.C6H6O3S.O.Ti/c1-2-3-4-5-6-7-8-9-10-11-12-13;2*1-3-5-7-9-11-12-10-8-6-4-2;7-10(8,9)6-4-2-1-3-5-6;;/h13H,2-12H2,1H3;2*1,3-12H2,2H3;1-5H,(H,7,8,9);;/q;2*-1;;;+2. The summed E-state index contributed by atoms with van der Waals surface area (Å²) in [5.41, 5.74) is 0. The van der Waals surface area contributed by atoms with Crippen molar-refractivity contribution >= 4 is 10.1 Å². The fourth-order valence-corrected chi connectivity index (χ4v) is 5.67. The molecule has 0 bridgehead atoms. The summed E-state index contributed by atoms with van der Waals surface area (Å²) in [6, 6.07) is 7.42. The van der Waals surface area contributed by atoms with Gasteiger partial charge in [0.15, 0.2) is 0 Å². The molecule has 1 rings (SSSR count). The summed E-state index contributed by atoms with van der Waals surface area (Å²) >= 11 is 0.750. The maximum atomic E-state index is 10.4. The van der Waals surface area contributed by atoms with Gasteiger partial charge in [0.25, 0.3) is 10.1 Å². The van der Waals surface area contributed by atoms with E-state index in [1.165, 1.54) is 185 Å². The Kier molecular flexibility index (Phi) is 58.7. The normalized spacial score (nSPS) is 10.4. The van der Waals surface area contributed by atoms with Crippen LogP contribution in [-0.2, 0) is 33.8 Å². The Morgan fingerprint density at radius 3 is 0.918 bits per heavy atom. The van der Waals surface area contributed by atoms with E-state index in [1.54, 1.807) is 18.2 Å². The number of benzene rings is 1. The molecule has 0 atom stereocenters. The first kappa shape index (κ1) is 55.4. The van der Waals surface area contributed by atoms with Gasteiger partial charge in [0, 0.05) is 6.61 Å². The summed E-state index contributed by atoms with van der Waals surface area (Å²) in [4.78, 5) is -0.0741. The van der Waals surface area contributed by atoms with Crippen LogP contribution in [-0.4, -0.2) is 24.7 Å². The van der Waals surface area contributed by atoms with Crippen molar-refractivity contribution in [3.8, 4) is 0 Å². The second-order valence-corrected chi connectivity index (χ2v) is 14.5. The van der Waals surface area contributed by atoms with Crippen molar-refractivity contribution in [2.24, 2.45) is 0 Å². The van der Waals surface area contributed by atoms with E-state index in [4.69, 9.17) is 13.0 Å². The molecule has 7 heteroatoms. The van der Waals surface area contributed by atoms with Crippen LogP contribution in [0.5, 0.6) is 0 Å². The Labute approximate surface area is 319 Å². The molecule has 1 aromatic rings. The molecule has 0 saturated heterocycles. The van der Waals surface area contributed by atoms with Crippen LogP contribution in [0.25, 0.3) is 0 Å². The summed E-state index contributed by atoms with van der Waals surface area (Å²) in [6.45, 7) is 14.9. The molecule has 49 heavy (non-hydrogen) atoms. The molecule has 0 heterocycles. The van der Waals surface area contributed by atoms with Crippen molar-refractivity contribution in [3.05, 3.63) is 44.2 Å². The summed E-state index contributed by atoms with van der Waals surface area (Å²) in [5, 5.41) is 8.57. The fourth-order valence-electron chi connectivity index (χ4n) is 5.17. The summed E-state index contributed by atoms with van der Waals surface area (Å²) in [6.07, 6.45) is 41.1. The van der Waals surface area contributed by atoms with Gasteiger partial charge in [0.2, 0.25) is 0 Å². The van der Waals surface area contributed by atoms with Gasteiger partial charge in [-0.05, 0) is 18.6 Å². The van der Waals surface area contributed by atoms with Crippen LogP contribution in [0.2, 0.25) is 0 Å². The minimum atomic E-state index is -4.00. The van der Waals surface area contributed by atoms with Crippen molar-refractivity contribution < 1.29 is 41.8 Å². The Balaban J connectivity index is -0.000000271. The zero-order valence-electron chi connectivity index (χ0n) is 32.7. The van der Waals surface area contributed by atoms with E-state index in [-0.39, 0.29) is 4.90 Å². The van der Waals surface area contributed by atoms with E-state index in [0.29, 0.717) is 6.61 Å². The molecule has 2 N–H and O–H groups in total. The summed E-state index contributed by atoms with van der Waals surface area (Å²) in [5.74, 6) is 0. The molecule has 0 fully saturated rings. The fraction of sp³-hybridized carbons (Fsp3) is 0.810. The molecule has 1 aromatic carbocycles. The Morgan fingerprint density at radius 2 is 0.714 bits per heavy atom. The van der Waals surface area contributed by atoms with E-state index in [9.17, 15) is 8.42 Å². The molecule has 0 aromatic heterocycles. The van der Waals surface area contributed by atoms with E-state index in [0.717, 1.165) is 39.7 Å². The molecule has 5 nitrogen and oxygen atoms in total. The third-order valence-electron chi connectivity index (χ3n) is 8.26. The third kappa shape index (κ3) is 57.2. The number of hydrogen-bond donors (Lipinski definition) is 2. The molecule has 0 radical (unpaired) electrons. The minimum absolute atomic E-state index is 0.0741. The summed E-state index contributed by atoms with van der Waals surface area (Å²) in [7, 11) is -4.00. The van der Waals surface area contributed by atoms with Gasteiger partial charge in [-0.25, -0.2) is 0 Å². The second-order valence-electron chi connectivity index (χ2n) is 13.1. The number of aliphatic hydroxyl groups is 1. The molecule has 0 aliphatic heterocycles. The molecule has 0 aliphatic carbocycles. The van der Waals surface area contributed by atoms with Crippen molar-refractivity contribution in [1.82, 2.24) is 0 Å². The van der Waals surface area contributed by atoms with Gasteiger partial charge in [-0.15, -0.1) is 0 Å². The zero-order chi connectivity index (χ0) is 37.5. The van der Waals surface area contributed by atoms with Crippen LogP contribution in [0.15, 0.2) is 35.2 Å². The van der Waals surface area contributed by atoms with E-state index in [1.807, 2.05) is 0 Å². The van der Waals surface area contributed by atoms with Crippen molar-refractivity contribution in [1.29, 1.82) is 0 Å². The Hall–Kier alpha value is -0.396. The first-order valence-electron chi connectivity index (χ1n) is 20.3. The van der Waals surface area contributed by atoms with Crippen LogP contribution < -0.4 is 0 Å². The van der Waals surface area contributed by atoms with Crippen LogP contribution in [0, 0.1) is 13.8 Å². The second kappa shape index (κ2) is 52.0. The topological polar surface area (TPSA) is 91.7 Å². The van der Waals surface area contributed by atoms with Gasteiger partial charge in [-0.2, -0.15) is 21.3 Å². The molecule has 0 unspecified atom stereocenters. The monoisotopic (exact) mass is 747 g/mol. The van der Waals surface area contributed by atoms with E-state index < -0.39 is 10.1 Å². The number of rotatable bonds is 29. The van der Waals surface area contributed by atoms with Crippen molar-refractivity contribution in [2.75, 3.05) is 6.61 Å². The first-order valence-corrected chi connectivity index (χ1v) is 22.3. The molecule has 0 aliphatic rings. The van der Waals surface area contributed by atoms with Crippen molar-refractivity contribution in [3.63, 3.8) is 0 Å². The Morgan fingerprint density at radius 1 is 0.469 bits per heavy atom. The average molecular weight is 747 g/mol. The maximum absolute atomic E-state index is 10.4. The molecule has 290 valence electrons. The predicted octanol–water partition coefficient (Wildman–Crippen LogP) is 14.2. The number of aliphatic hydroxyl groups excluding tert-OH is 1. The van der Waals surface area contributed by atoms with Crippen LogP contribution >= 0.6 is 0 Å². The Bertz CT molecular complexity index is 727. The van der Waals surface area contributed by atoms with Gasteiger partial charge in [0.05, 0.1) is 4.90 Å². The first-order chi connectivity index (χ1) is 23.8. The van der Waals surface area contributed by atoms with Gasteiger partial charge in [-0.1, -0.05) is 212 Å². The van der Waals surface area contributed by atoms with Gasteiger partial charge in [0.1, 0.15) is 0 Å². The van der Waals surface area contributed by atoms with Crippen molar-refractivity contribution in [2.45, 2.75) is 218 Å². The van der Waals surface area contributed by atoms with Crippen LogP contribution in [0.4, 0.5) is 0 Å². The SMILES string of the molecule is CCCCCCCCCCCCO.O=S(=O)(O)c1ccccc1.[CH2-]CCCCCCCCCCC.[CH2-]CCCCCCCCCCC.[O]=[Ti+2]. The molecule has 0 spiro atoms. The number of hydrogen-bond acceptors (Lipinski definition) is 4.